The number of aryl methyl sites for hydroxylation is 2. The topological polar surface area (TPSA) is 21.3 Å². The molecule has 0 radical (unpaired) electrons. The number of halogens is 2. The molecule has 0 unspecified atom stereocenters. The van der Waals surface area contributed by atoms with Crippen LogP contribution >= 0.6 is 0 Å². The highest BCUT2D eigenvalue weighted by Crippen LogP contribution is 2.27. The zero-order valence-electron chi connectivity index (χ0n) is 13.5. The van der Waals surface area contributed by atoms with Gasteiger partial charge >= 0.3 is 6.61 Å². The molecule has 1 aromatic rings. The second-order valence-electron chi connectivity index (χ2n) is 5.88. The van der Waals surface area contributed by atoms with Crippen LogP contribution in [-0.2, 0) is 0 Å². The third-order valence-electron chi connectivity index (χ3n) is 3.06. The second kappa shape index (κ2) is 8.13. The number of nitrogens with one attached hydrogen (secondary N) is 1. The van der Waals surface area contributed by atoms with Gasteiger partial charge in [0.05, 0.1) is 0 Å². The number of ether oxygens (including phenoxy) is 1. The van der Waals surface area contributed by atoms with Gasteiger partial charge in [0.1, 0.15) is 5.75 Å². The minimum Gasteiger partial charge on any atom is -0.434 e. The van der Waals surface area contributed by atoms with Crippen molar-refractivity contribution >= 4 is 6.08 Å². The Balaban J connectivity index is 2.80. The smallest absolute Gasteiger partial charge is 0.387 e. The van der Waals surface area contributed by atoms with Gasteiger partial charge < -0.3 is 10.1 Å². The summed E-state index contributed by atoms with van der Waals surface area (Å²) >= 11 is 0. The molecule has 0 aliphatic heterocycles. The van der Waals surface area contributed by atoms with Crippen molar-refractivity contribution in [2.45, 2.75) is 41.2 Å². The van der Waals surface area contributed by atoms with E-state index in [1.165, 1.54) is 5.57 Å². The van der Waals surface area contributed by atoms with Crippen LogP contribution in [0, 0.1) is 19.8 Å². The van der Waals surface area contributed by atoms with Gasteiger partial charge in [-0.1, -0.05) is 25.5 Å². The van der Waals surface area contributed by atoms with Crippen molar-refractivity contribution in [3.05, 3.63) is 34.4 Å². The zero-order chi connectivity index (χ0) is 16.0. The SMILES string of the molecule is CC(=Cc1cc(C)c(OC(F)F)c(C)c1)CNCC(C)C. The van der Waals surface area contributed by atoms with Crippen LogP contribution in [0.1, 0.15) is 37.5 Å². The summed E-state index contributed by atoms with van der Waals surface area (Å²) in [6, 6.07) is 3.74. The van der Waals surface area contributed by atoms with Gasteiger partial charge in [0.25, 0.3) is 0 Å². The first-order valence-electron chi connectivity index (χ1n) is 7.23. The van der Waals surface area contributed by atoms with E-state index in [1.54, 1.807) is 13.8 Å². The highest BCUT2D eigenvalue weighted by Gasteiger charge is 2.11. The van der Waals surface area contributed by atoms with E-state index in [0.717, 1.165) is 29.8 Å². The Morgan fingerprint density at radius 2 is 1.81 bits per heavy atom. The Morgan fingerprint density at radius 3 is 2.29 bits per heavy atom. The molecule has 0 fully saturated rings. The van der Waals surface area contributed by atoms with Gasteiger partial charge in [0.15, 0.2) is 0 Å². The van der Waals surface area contributed by atoms with Crippen LogP contribution in [0.25, 0.3) is 6.08 Å². The average molecular weight is 297 g/mol. The maximum atomic E-state index is 12.4. The molecule has 2 nitrogen and oxygen atoms in total. The Morgan fingerprint density at radius 1 is 1.24 bits per heavy atom. The van der Waals surface area contributed by atoms with Gasteiger partial charge in [-0.3, -0.25) is 0 Å². The minimum absolute atomic E-state index is 0.276. The first-order valence-corrected chi connectivity index (χ1v) is 7.23. The molecule has 118 valence electrons. The highest BCUT2D eigenvalue weighted by atomic mass is 19.3. The second-order valence-corrected chi connectivity index (χ2v) is 5.88. The third-order valence-corrected chi connectivity index (χ3v) is 3.06. The zero-order valence-corrected chi connectivity index (χ0v) is 13.5. The molecule has 1 N–H and O–H groups in total. The quantitative estimate of drug-likeness (QED) is 0.797. The number of benzene rings is 1. The van der Waals surface area contributed by atoms with Crippen molar-refractivity contribution in [3.63, 3.8) is 0 Å². The number of rotatable bonds is 7. The Kier molecular flexibility index (Phi) is 6.82. The summed E-state index contributed by atoms with van der Waals surface area (Å²) in [5.41, 5.74) is 3.67. The van der Waals surface area contributed by atoms with E-state index in [4.69, 9.17) is 0 Å². The molecule has 1 rings (SSSR count). The molecule has 4 heteroatoms. The summed E-state index contributed by atoms with van der Waals surface area (Å²) in [5, 5.41) is 3.38. The molecule has 0 heterocycles. The lowest BCUT2D eigenvalue weighted by Gasteiger charge is -2.13. The monoisotopic (exact) mass is 297 g/mol. The molecule has 0 aromatic heterocycles. The van der Waals surface area contributed by atoms with Gasteiger partial charge in [-0.2, -0.15) is 8.78 Å². The summed E-state index contributed by atoms with van der Waals surface area (Å²) in [5.74, 6) is 0.894. The molecule has 21 heavy (non-hydrogen) atoms. The van der Waals surface area contributed by atoms with Gasteiger partial charge in [-0.25, -0.2) is 0 Å². The summed E-state index contributed by atoms with van der Waals surface area (Å²) in [6.07, 6.45) is 2.07. The molecule has 0 atom stereocenters. The molecular weight excluding hydrogens is 272 g/mol. The first kappa shape index (κ1) is 17.6. The fraction of sp³-hybridized carbons (Fsp3) is 0.529. The van der Waals surface area contributed by atoms with Gasteiger partial charge in [-0.05, 0) is 62.1 Å². The Bertz CT molecular complexity index is 473. The van der Waals surface area contributed by atoms with Crippen molar-refractivity contribution in [2.24, 2.45) is 5.92 Å². The maximum absolute atomic E-state index is 12.4. The van der Waals surface area contributed by atoms with E-state index in [1.807, 2.05) is 12.1 Å². The van der Waals surface area contributed by atoms with E-state index in [2.05, 4.69) is 36.9 Å². The van der Waals surface area contributed by atoms with E-state index in [0.29, 0.717) is 5.92 Å². The molecule has 0 aliphatic rings. The lowest BCUT2D eigenvalue weighted by atomic mass is 10.0. The highest BCUT2D eigenvalue weighted by molar-refractivity contribution is 5.58. The molecule has 0 aliphatic carbocycles. The number of alkyl halides is 2. The summed E-state index contributed by atoms with van der Waals surface area (Å²) in [4.78, 5) is 0. The molecule has 0 amide bonds. The normalized spacial score (nSPS) is 12.3. The molecule has 0 bridgehead atoms. The lowest BCUT2D eigenvalue weighted by Crippen LogP contribution is -2.21. The van der Waals surface area contributed by atoms with Crippen LogP contribution in [0.15, 0.2) is 17.7 Å². The summed E-state index contributed by atoms with van der Waals surface area (Å²) in [6.45, 7) is 8.98. The van der Waals surface area contributed by atoms with E-state index in [-0.39, 0.29) is 5.75 Å². The predicted molar refractivity (Wildman–Crippen MR) is 83.9 cm³/mol. The average Bonchev–Trinajstić information content (AvgIpc) is 2.33. The fourth-order valence-corrected chi connectivity index (χ4v) is 2.24. The Hall–Kier alpha value is -1.42. The fourth-order valence-electron chi connectivity index (χ4n) is 2.24. The van der Waals surface area contributed by atoms with Crippen molar-refractivity contribution in [2.75, 3.05) is 13.1 Å². The molecule has 0 saturated carbocycles. The van der Waals surface area contributed by atoms with Crippen molar-refractivity contribution in [1.82, 2.24) is 5.32 Å². The van der Waals surface area contributed by atoms with Crippen molar-refractivity contribution in [3.8, 4) is 5.75 Å². The van der Waals surface area contributed by atoms with Crippen LogP contribution in [0.5, 0.6) is 5.75 Å². The standard InChI is InChI=1S/C17H25F2NO/c1-11(2)9-20-10-12(3)6-15-7-13(4)16(14(5)8-15)21-17(18)19/h6-8,11,17,20H,9-10H2,1-5H3. The molecule has 0 spiro atoms. The molecular formula is C17H25F2NO. The van der Waals surface area contributed by atoms with Crippen molar-refractivity contribution in [1.29, 1.82) is 0 Å². The third kappa shape index (κ3) is 6.25. The van der Waals surface area contributed by atoms with E-state index in [9.17, 15) is 8.78 Å². The first-order chi connectivity index (χ1) is 9.79. The predicted octanol–water partition coefficient (Wildman–Crippen LogP) is 4.55. The van der Waals surface area contributed by atoms with E-state index >= 15 is 0 Å². The molecule has 1 aromatic carbocycles. The maximum Gasteiger partial charge on any atom is 0.387 e. The van der Waals surface area contributed by atoms with E-state index < -0.39 is 6.61 Å². The van der Waals surface area contributed by atoms with Crippen molar-refractivity contribution < 1.29 is 13.5 Å². The van der Waals surface area contributed by atoms with Gasteiger partial charge in [0.2, 0.25) is 0 Å². The summed E-state index contributed by atoms with van der Waals surface area (Å²) < 4.78 is 29.3. The largest absolute Gasteiger partial charge is 0.434 e. The number of hydrogen-bond acceptors (Lipinski definition) is 2. The summed E-state index contributed by atoms with van der Waals surface area (Å²) in [7, 11) is 0. The van der Waals surface area contributed by atoms with Crippen LogP contribution in [0.4, 0.5) is 8.78 Å². The molecule has 0 saturated heterocycles. The number of hydrogen-bond donors (Lipinski definition) is 1. The van der Waals surface area contributed by atoms with Crippen LogP contribution in [-0.4, -0.2) is 19.7 Å². The van der Waals surface area contributed by atoms with Gasteiger partial charge in [0, 0.05) is 6.54 Å². The van der Waals surface area contributed by atoms with Crippen LogP contribution < -0.4 is 10.1 Å². The minimum atomic E-state index is -2.79. The van der Waals surface area contributed by atoms with Crippen LogP contribution in [0.3, 0.4) is 0 Å². The Labute approximate surface area is 126 Å². The van der Waals surface area contributed by atoms with Gasteiger partial charge in [-0.15, -0.1) is 0 Å². The lowest BCUT2D eigenvalue weighted by molar-refractivity contribution is -0.0507. The van der Waals surface area contributed by atoms with Crippen LogP contribution in [0.2, 0.25) is 0 Å².